The van der Waals surface area contributed by atoms with Crippen molar-refractivity contribution in [1.82, 2.24) is 10.2 Å². The maximum atomic E-state index is 11.0. The van der Waals surface area contributed by atoms with Gasteiger partial charge in [0.05, 0.1) is 25.9 Å². The van der Waals surface area contributed by atoms with Crippen LogP contribution in [0.3, 0.4) is 0 Å². The molecule has 6 heteroatoms. The molecule has 4 rings (SSSR count). The molecule has 2 heterocycles. The van der Waals surface area contributed by atoms with Crippen LogP contribution in [0, 0.1) is 0 Å². The molecule has 1 N–H and O–H groups in total. The molecular weight excluding hydrogens is 366 g/mol. The number of ether oxygens (including phenoxy) is 2. The molecule has 1 saturated heterocycles. The molecule has 2 aliphatic heterocycles. The van der Waals surface area contributed by atoms with Crippen molar-refractivity contribution in [2.75, 3.05) is 51.3 Å². The zero-order chi connectivity index (χ0) is 20.1. The molecule has 0 bridgehead atoms. The van der Waals surface area contributed by atoms with Crippen LogP contribution in [0.4, 0.5) is 5.69 Å². The predicted molar refractivity (Wildman–Crippen MR) is 113 cm³/mol. The third-order valence-electron chi connectivity index (χ3n) is 6.01. The first-order valence-electron chi connectivity index (χ1n) is 10.3. The summed E-state index contributed by atoms with van der Waals surface area (Å²) in [6.45, 7) is 5.06. The number of hydrogen-bond acceptors (Lipinski definition) is 5. The first kappa shape index (κ1) is 19.7. The minimum absolute atomic E-state index is 0.0139. The van der Waals surface area contributed by atoms with Crippen LogP contribution in [0.5, 0.6) is 5.75 Å². The van der Waals surface area contributed by atoms with Gasteiger partial charge in [-0.3, -0.25) is 9.69 Å². The van der Waals surface area contributed by atoms with Gasteiger partial charge in [-0.2, -0.15) is 0 Å². The second-order valence-corrected chi connectivity index (χ2v) is 7.55. The lowest BCUT2D eigenvalue weighted by molar-refractivity contribution is -0.110. The van der Waals surface area contributed by atoms with E-state index < -0.39 is 0 Å². The maximum Gasteiger partial charge on any atom is 0.207 e. The van der Waals surface area contributed by atoms with Crippen LogP contribution in [-0.4, -0.2) is 63.8 Å². The number of carbonyl (C=O) groups is 1. The lowest BCUT2D eigenvalue weighted by atomic mass is 9.92. The quantitative estimate of drug-likeness (QED) is 0.729. The minimum Gasteiger partial charge on any atom is -0.497 e. The van der Waals surface area contributed by atoms with Gasteiger partial charge in [-0.15, -0.1) is 0 Å². The monoisotopic (exact) mass is 395 g/mol. The number of nitrogens with zero attached hydrogens (tertiary/aromatic N) is 2. The standard InChI is InChI=1S/C23H29N3O3/c1-28-20-8-6-19(7-9-20)25-11-13-26(14-12-25)22(16-24-17-27)23-21-5-3-2-4-18(21)10-15-29-23/h2-9,17,22-23H,10-16H2,1H3,(H,24,27). The smallest absolute Gasteiger partial charge is 0.207 e. The van der Waals surface area contributed by atoms with Crippen molar-refractivity contribution in [3.8, 4) is 5.75 Å². The Balaban J connectivity index is 1.47. The topological polar surface area (TPSA) is 54.0 Å². The van der Waals surface area contributed by atoms with Gasteiger partial charge < -0.3 is 19.7 Å². The fraction of sp³-hybridized carbons (Fsp3) is 0.435. The normalized spacial score (nSPS) is 20.6. The summed E-state index contributed by atoms with van der Waals surface area (Å²) in [5.41, 5.74) is 3.83. The van der Waals surface area contributed by atoms with E-state index in [1.807, 2.05) is 12.1 Å². The van der Waals surface area contributed by atoms with Crippen LogP contribution in [0.2, 0.25) is 0 Å². The largest absolute Gasteiger partial charge is 0.497 e. The Bertz CT molecular complexity index is 803. The lowest BCUT2D eigenvalue weighted by Gasteiger charge is -2.44. The summed E-state index contributed by atoms with van der Waals surface area (Å²) >= 11 is 0. The van der Waals surface area contributed by atoms with E-state index in [1.165, 1.54) is 16.8 Å². The van der Waals surface area contributed by atoms with Crippen LogP contribution in [-0.2, 0) is 16.0 Å². The van der Waals surface area contributed by atoms with E-state index >= 15 is 0 Å². The van der Waals surface area contributed by atoms with Gasteiger partial charge in [0.25, 0.3) is 0 Å². The molecule has 1 amide bonds. The van der Waals surface area contributed by atoms with Gasteiger partial charge in [0.1, 0.15) is 5.75 Å². The highest BCUT2D eigenvalue weighted by atomic mass is 16.5. The van der Waals surface area contributed by atoms with Crippen LogP contribution in [0.1, 0.15) is 17.2 Å². The summed E-state index contributed by atoms with van der Waals surface area (Å²) in [5, 5.41) is 2.90. The van der Waals surface area contributed by atoms with E-state index in [0.717, 1.165) is 51.4 Å². The number of nitrogens with one attached hydrogen (secondary N) is 1. The van der Waals surface area contributed by atoms with E-state index in [2.05, 4.69) is 51.5 Å². The number of methoxy groups -OCH3 is 1. The summed E-state index contributed by atoms with van der Waals surface area (Å²) in [7, 11) is 1.69. The van der Waals surface area contributed by atoms with Gasteiger partial charge in [0.15, 0.2) is 0 Å². The molecule has 6 nitrogen and oxygen atoms in total. The third-order valence-corrected chi connectivity index (χ3v) is 6.01. The van der Waals surface area contributed by atoms with Crippen LogP contribution in [0.25, 0.3) is 0 Å². The Kier molecular flexibility index (Phi) is 6.32. The Hall–Kier alpha value is -2.57. The number of fused-ring (bicyclic) bond motifs is 1. The van der Waals surface area contributed by atoms with Crippen LogP contribution < -0.4 is 15.0 Å². The highest BCUT2D eigenvalue weighted by Crippen LogP contribution is 2.32. The zero-order valence-electron chi connectivity index (χ0n) is 16.9. The Morgan fingerprint density at radius 1 is 1.14 bits per heavy atom. The summed E-state index contributed by atoms with van der Waals surface area (Å²) in [5.74, 6) is 0.875. The Morgan fingerprint density at radius 2 is 1.90 bits per heavy atom. The third kappa shape index (κ3) is 4.38. The van der Waals surface area contributed by atoms with Crippen molar-refractivity contribution in [1.29, 1.82) is 0 Å². The van der Waals surface area contributed by atoms with Gasteiger partial charge in [-0.25, -0.2) is 0 Å². The predicted octanol–water partition coefficient (Wildman–Crippen LogP) is 2.25. The summed E-state index contributed by atoms with van der Waals surface area (Å²) in [6.07, 6.45) is 1.72. The molecule has 0 aliphatic carbocycles. The molecule has 2 aliphatic rings. The van der Waals surface area contributed by atoms with Gasteiger partial charge in [-0.05, 0) is 41.8 Å². The van der Waals surface area contributed by atoms with Gasteiger partial charge in [-0.1, -0.05) is 24.3 Å². The number of anilines is 1. The Labute approximate surface area is 172 Å². The highest BCUT2D eigenvalue weighted by Gasteiger charge is 2.34. The molecule has 0 spiro atoms. The van der Waals surface area contributed by atoms with Gasteiger partial charge in [0.2, 0.25) is 6.41 Å². The molecule has 2 aromatic rings. The van der Waals surface area contributed by atoms with Crippen molar-refractivity contribution in [2.45, 2.75) is 18.6 Å². The van der Waals surface area contributed by atoms with Crippen LogP contribution >= 0.6 is 0 Å². The number of hydrogen-bond donors (Lipinski definition) is 1. The number of benzene rings is 2. The van der Waals surface area contributed by atoms with E-state index in [1.54, 1.807) is 7.11 Å². The first-order valence-corrected chi connectivity index (χ1v) is 10.3. The number of piperazine rings is 1. The van der Waals surface area contributed by atoms with Crippen molar-refractivity contribution >= 4 is 12.1 Å². The number of amides is 1. The fourth-order valence-electron chi connectivity index (χ4n) is 4.44. The van der Waals surface area contributed by atoms with Crippen LogP contribution in [0.15, 0.2) is 48.5 Å². The molecule has 29 heavy (non-hydrogen) atoms. The Morgan fingerprint density at radius 3 is 2.62 bits per heavy atom. The molecule has 154 valence electrons. The molecule has 1 fully saturated rings. The van der Waals surface area contributed by atoms with Crippen molar-refractivity contribution in [2.24, 2.45) is 0 Å². The fourth-order valence-corrected chi connectivity index (χ4v) is 4.44. The SMILES string of the molecule is COc1ccc(N2CCN(C(CNC=O)C3OCCc4ccccc43)CC2)cc1. The summed E-state index contributed by atoms with van der Waals surface area (Å²) < 4.78 is 11.5. The second kappa shape index (κ2) is 9.29. The van der Waals surface area contributed by atoms with E-state index in [0.29, 0.717) is 6.54 Å². The minimum atomic E-state index is -0.0139. The second-order valence-electron chi connectivity index (χ2n) is 7.55. The molecule has 2 unspecified atom stereocenters. The van der Waals surface area contributed by atoms with E-state index in [-0.39, 0.29) is 12.1 Å². The van der Waals surface area contributed by atoms with Crippen molar-refractivity contribution in [3.63, 3.8) is 0 Å². The lowest BCUT2D eigenvalue weighted by Crippen LogP contribution is -2.55. The summed E-state index contributed by atoms with van der Waals surface area (Å²) in [4.78, 5) is 15.9. The summed E-state index contributed by atoms with van der Waals surface area (Å²) in [6, 6.07) is 16.9. The van der Waals surface area contributed by atoms with E-state index in [4.69, 9.17) is 9.47 Å². The molecule has 2 aromatic carbocycles. The molecule has 0 aromatic heterocycles. The highest BCUT2D eigenvalue weighted by molar-refractivity contribution is 5.49. The average molecular weight is 396 g/mol. The van der Waals surface area contributed by atoms with Crippen molar-refractivity contribution < 1.29 is 14.3 Å². The average Bonchev–Trinajstić information content (AvgIpc) is 2.80. The zero-order valence-corrected chi connectivity index (χ0v) is 16.9. The maximum absolute atomic E-state index is 11.0. The molecule has 0 radical (unpaired) electrons. The molecule has 2 atom stereocenters. The van der Waals surface area contributed by atoms with Crippen molar-refractivity contribution in [3.05, 3.63) is 59.7 Å². The molecule has 0 saturated carbocycles. The number of rotatable bonds is 7. The number of carbonyl (C=O) groups excluding carboxylic acids is 1. The van der Waals surface area contributed by atoms with E-state index in [9.17, 15) is 4.79 Å². The van der Waals surface area contributed by atoms with Gasteiger partial charge in [0, 0.05) is 38.4 Å². The molecular formula is C23H29N3O3. The van der Waals surface area contributed by atoms with Gasteiger partial charge >= 0.3 is 0 Å². The first-order chi connectivity index (χ1) is 14.3.